The Morgan fingerprint density at radius 1 is 1.43 bits per heavy atom. The zero-order valence-corrected chi connectivity index (χ0v) is 8.87. The predicted octanol–water partition coefficient (Wildman–Crippen LogP) is -0.351. The summed E-state index contributed by atoms with van der Waals surface area (Å²) in [7, 11) is 1.27. The molecule has 14 heavy (non-hydrogen) atoms. The van der Waals surface area contributed by atoms with Crippen molar-refractivity contribution < 1.29 is 14.3 Å². The fraction of sp³-hybridized carbons (Fsp3) is 0.778. The number of rotatable bonds is 5. The van der Waals surface area contributed by atoms with Gasteiger partial charge in [-0.1, -0.05) is 13.8 Å². The van der Waals surface area contributed by atoms with Gasteiger partial charge in [-0.15, -0.1) is 0 Å². The summed E-state index contributed by atoms with van der Waals surface area (Å²) in [6.45, 7) is 3.79. The third-order valence-corrected chi connectivity index (χ3v) is 1.93. The zero-order chi connectivity index (χ0) is 11.1. The molecule has 1 amide bonds. The summed E-state index contributed by atoms with van der Waals surface area (Å²) in [5, 5.41) is 2.43. The molecule has 82 valence electrons. The van der Waals surface area contributed by atoms with Gasteiger partial charge >= 0.3 is 5.97 Å². The Balaban J connectivity index is 3.71. The van der Waals surface area contributed by atoms with Crippen LogP contribution in [0.2, 0.25) is 0 Å². The molecular weight excluding hydrogens is 184 g/mol. The minimum atomic E-state index is -0.462. The first-order chi connectivity index (χ1) is 6.47. The van der Waals surface area contributed by atoms with E-state index in [2.05, 4.69) is 10.1 Å². The number of esters is 1. The van der Waals surface area contributed by atoms with Crippen molar-refractivity contribution in [1.29, 1.82) is 0 Å². The van der Waals surface area contributed by atoms with E-state index in [9.17, 15) is 9.59 Å². The smallest absolute Gasteiger partial charge is 0.325 e. The minimum Gasteiger partial charge on any atom is -0.468 e. The molecule has 1 atom stereocenters. The maximum atomic E-state index is 11.2. The van der Waals surface area contributed by atoms with Crippen molar-refractivity contribution in [2.24, 2.45) is 11.7 Å². The molecule has 0 aliphatic carbocycles. The van der Waals surface area contributed by atoms with Gasteiger partial charge in [0.25, 0.3) is 0 Å². The van der Waals surface area contributed by atoms with E-state index in [0.717, 1.165) is 0 Å². The Kier molecular flexibility index (Phi) is 5.87. The van der Waals surface area contributed by atoms with Crippen LogP contribution in [0.25, 0.3) is 0 Å². The van der Waals surface area contributed by atoms with Crippen LogP contribution in [-0.2, 0) is 14.3 Å². The third kappa shape index (κ3) is 5.53. The topological polar surface area (TPSA) is 81.4 Å². The average molecular weight is 202 g/mol. The van der Waals surface area contributed by atoms with E-state index in [0.29, 0.717) is 0 Å². The Morgan fingerprint density at radius 3 is 2.43 bits per heavy atom. The molecule has 0 aliphatic heterocycles. The number of amides is 1. The molecule has 0 aromatic rings. The van der Waals surface area contributed by atoms with Crippen LogP contribution in [0.1, 0.15) is 20.3 Å². The molecule has 1 unspecified atom stereocenters. The molecule has 0 rings (SSSR count). The number of methoxy groups -OCH3 is 1. The number of ether oxygens (including phenoxy) is 1. The highest BCUT2D eigenvalue weighted by molar-refractivity contribution is 5.82. The monoisotopic (exact) mass is 202 g/mol. The van der Waals surface area contributed by atoms with E-state index in [1.54, 1.807) is 0 Å². The van der Waals surface area contributed by atoms with E-state index in [-0.39, 0.29) is 30.8 Å². The first-order valence-electron chi connectivity index (χ1n) is 4.56. The van der Waals surface area contributed by atoms with Crippen molar-refractivity contribution in [3.05, 3.63) is 0 Å². The van der Waals surface area contributed by atoms with E-state index in [4.69, 9.17) is 5.73 Å². The van der Waals surface area contributed by atoms with Gasteiger partial charge in [-0.2, -0.15) is 0 Å². The van der Waals surface area contributed by atoms with Crippen LogP contribution in [-0.4, -0.2) is 31.6 Å². The summed E-state index contributed by atoms with van der Waals surface area (Å²) in [4.78, 5) is 21.8. The molecule has 0 aromatic heterocycles. The van der Waals surface area contributed by atoms with Gasteiger partial charge in [-0.05, 0) is 5.92 Å². The maximum Gasteiger partial charge on any atom is 0.325 e. The quantitative estimate of drug-likeness (QED) is 0.597. The SMILES string of the molecule is COC(=O)CNC(=O)CC(N)C(C)C. The van der Waals surface area contributed by atoms with Crippen molar-refractivity contribution in [2.75, 3.05) is 13.7 Å². The molecule has 0 saturated carbocycles. The summed E-state index contributed by atoms with van der Waals surface area (Å²) in [6, 6.07) is -0.173. The molecule has 0 aromatic carbocycles. The van der Waals surface area contributed by atoms with Crippen LogP contribution in [0.3, 0.4) is 0 Å². The Bertz CT molecular complexity index is 204. The number of carbonyl (C=O) groups is 2. The zero-order valence-electron chi connectivity index (χ0n) is 8.87. The largest absolute Gasteiger partial charge is 0.468 e. The lowest BCUT2D eigenvalue weighted by atomic mass is 10.0. The first kappa shape index (κ1) is 12.9. The molecule has 0 aliphatic rings. The normalized spacial score (nSPS) is 12.4. The van der Waals surface area contributed by atoms with E-state index < -0.39 is 5.97 Å². The van der Waals surface area contributed by atoms with Crippen LogP contribution < -0.4 is 11.1 Å². The highest BCUT2D eigenvalue weighted by Crippen LogP contribution is 2.01. The standard InChI is InChI=1S/C9H18N2O3/c1-6(2)7(10)4-8(12)11-5-9(13)14-3/h6-7H,4-5,10H2,1-3H3,(H,11,12). The summed E-state index contributed by atoms with van der Waals surface area (Å²) >= 11 is 0. The van der Waals surface area contributed by atoms with E-state index in [1.165, 1.54) is 7.11 Å². The van der Waals surface area contributed by atoms with Crippen molar-refractivity contribution in [3.8, 4) is 0 Å². The fourth-order valence-electron chi connectivity index (χ4n) is 0.765. The number of hydrogen-bond donors (Lipinski definition) is 2. The van der Waals surface area contributed by atoms with Crippen molar-refractivity contribution in [1.82, 2.24) is 5.32 Å². The van der Waals surface area contributed by atoms with Crippen molar-refractivity contribution in [3.63, 3.8) is 0 Å². The third-order valence-electron chi connectivity index (χ3n) is 1.93. The maximum absolute atomic E-state index is 11.2. The molecule has 0 heterocycles. The highest BCUT2D eigenvalue weighted by Gasteiger charge is 2.13. The lowest BCUT2D eigenvalue weighted by Crippen LogP contribution is -2.37. The average Bonchev–Trinajstić information content (AvgIpc) is 2.13. The van der Waals surface area contributed by atoms with Crippen LogP contribution in [0.4, 0.5) is 0 Å². The number of nitrogens with two attached hydrogens (primary N) is 1. The van der Waals surface area contributed by atoms with Crippen LogP contribution in [0, 0.1) is 5.92 Å². The molecule has 0 radical (unpaired) electrons. The van der Waals surface area contributed by atoms with Crippen LogP contribution >= 0.6 is 0 Å². The van der Waals surface area contributed by atoms with E-state index in [1.807, 2.05) is 13.8 Å². The lowest BCUT2D eigenvalue weighted by Gasteiger charge is -2.14. The Hall–Kier alpha value is -1.10. The van der Waals surface area contributed by atoms with Gasteiger partial charge in [0.15, 0.2) is 0 Å². The molecule has 3 N–H and O–H groups in total. The molecule has 0 spiro atoms. The van der Waals surface area contributed by atoms with Crippen molar-refractivity contribution >= 4 is 11.9 Å². The van der Waals surface area contributed by atoms with Gasteiger partial charge in [-0.25, -0.2) is 0 Å². The highest BCUT2D eigenvalue weighted by atomic mass is 16.5. The van der Waals surface area contributed by atoms with E-state index >= 15 is 0 Å². The second-order valence-corrected chi connectivity index (χ2v) is 3.46. The summed E-state index contributed by atoms with van der Waals surface area (Å²) in [5.74, 6) is -0.438. The Morgan fingerprint density at radius 2 is 2.00 bits per heavy atom. The second-order valence-electron chi connectivity index (χ2n) is 3.46. The van der Waals surface area contributed by atoms with Gasteiger partial charge < -0.3 is 15.8 Å². The van der Waals surface area contributed by atoms with Gasteiger partial charge in [-0.3, -0.25) is 9.59 Å². The predicted molar refractivity (Wildman–Crippen MR) is 52.5 cm³/mol. The molecular formula is C9H18N2O3. The van der Waals surface area contributed by atoms with Crippen LogP contribution in [0.5, 0.6) is 0 Å². The molecule has 0 fully saturated rings. The first-order valence-corrected chi connectivity index (χ1v) is 4.56. The second kappa shape index (κ2) is 6.37. The number of nitrogens with one attached hydrogen (secondary N) is 1. The van der Waals surface area contributed by atoms with Gasteiger partial charge in [0.2, 0.25) is 5.91 Å². The van der Waals surface area contributed by atoms with Gasteiger partial charge in [0, 0.05) is 12.5 Å². The Labute approximate surface area is 84.0 Å². The molecule has 5 nitrogen and oxygen atoms in total. The van der Waals surface area contributed by atoms with Gasteiger partial charge in [0.1, 0.15) is 6.54 Å². The minimum absolute atomic E-state index is 0.0971. The summed E-state index contributed by atoms with van der Waals surface area (Å²) in [6.07, 6.45) is 0.231. The van der Waals surface area contributed by atoms with Gasteiger partial charge in [0.05, 0.1) is 7.11 Å². The summed E-state index contributed by atoms with van der Waals surface area (Å²) < 4.78 is 4.37. The number of hydrogen-bond acceptors (Lipinski definition) is 4. The van der Waals surface area contributed by atoms with Crippen molar-refractivity contribution in [2.45, 2.75) is 26.3 Å². The molecule has 5 heteroatoms. The summed E-state index contributed by atoms with van der Waals surface area (Å²) in [5.41, 5.74) is 5.68. The molecule has 0 saturated heterocycles. The fourth-order valence-corrected chi connectivity index (χ4v) is 0.765. The van der Waals surface area contributed by atoms with Crippen LogP contribution in [0.15, 0.2) is 0 Å². The lowest BCUT2D eigenvalue weighted by molar-refractivity contribution is -0.141. The number of carbonyl (C=O) groups excluding carboxylic acids is 2. The molecule has 0 bridgehead atoms.